The van der Waals surface area contributed by atoms with Gasteiger partial charge in [-0.15, -0.1) is 0 Å². The maximum Gasteiger partial charge on any atom is 0.0610 e. The van der Waals surface area contributed by atoms with Crippen LogP contribution in [0.5, 0.6) is 0 Å². The van der Waals surface area contributed by atoms with E-state index >= 15 is 0 Å². The van der Waals surface area contributed by atoms with Gasteiger partial charge in [-0.25, -0.2) is 0 Å². The number of para-hydroxylation sites is 1. The highest BCUT2D eigenvalue weighted by molar-refractivity contribution is 5.86. The SMILES string of the molecule is CCC=C1C=CN(CCO)c2ccccc21. The molecule has 0 fully saturated rings. The first-order valence-corrected chi connectivity index (χ1v) is 5.72. The van der Waals surface area contributed by atoms with Crippen molar-refractivity contribution in [1.29, 1.82) is 0 Å². The molecule has 2 rings (SSSR count). The van der Waals surface area contributed by atoms with Gasteiger partial charge in [-0.05, 0) is 24.1 Å². The Balaban J connectivity index is 2.42. The van der Waals surface area contributed by atoms with E-state index < -0.39 is 0 Å². The van der Waals surface area contributed by atoms with Gasteiger partial charge in [-0.3, -0.25) is 0 Å². The van der Waals surface area contributed by atoms with E-state index in [2.05, 4.69) is 42.2 Å². The second kappa shape index (κ2) is 4.99. The highest BCUT2D eigenvalue weighted by Gasteiger charge is 2.14. The lowest BCUT2D eigenvalue weighted by molar-refractivity contribution is 0.305. The molecular formula is C14H17NO. The van der Waals surface area contributed by atoms with Crippen LogP contribution in [0.4, 0.5) is 5.69 Å². The molecule has 1 aromatic carbocycles. The van der Waals surface area contributed by atoms with Gasteiger partial charge < -0.3 is 10.0 Å². The van der Waals surface area contributed by atoms with E-state index in [1.165, 1.54) is 16.8 Å². The van der Waals surface area contributed by atoms with E-state index in [4.69, 9.17) is 5.11 Å². The molecule has 0 aromatic heterocycles. The second-order valence-corrected chi connectivity index (χ2v) is 3.82. The summed E-state index contributed by atoms with van der Waals surface area (Å²) in [5.74, 6) is 0. The van der Waals surface area contributed by atoms with Crippen LogP contribution in [-0.2, 0) is 0 Å². The van der Waals surface area contributed by atoms with Gasteiger partial charge in [0.05, 0.1) is 6.61 Å². The van der Waals surface area contributed by atoms with Gasteiger partial charge in [-0.1, -0.05) is 31.2 Å². The number of hydrogen-bond donors (Lipinski definition) is 1. The molecule has 0 aliphatic carbocycles. The Labute approximate surface area is 96.5 Å². The number of fused-ring (bicyclic) bond motifs is 1. The Kier molecular flexibility index (Phi) is 3.42. The highest BCUT2D eigenvalue weighted by atomic mass is 16.3. The predicted octanol–water partition coefficient (Wildman–Crippen LogP) is 2.81. The van der Waals surface area contributed by atoms with Crippen molar-refractivity contribution in [3.8, 4) is 0 Å². The molecule has 0 saturated heterocycles. The van der Waals surface area contributed by atoms with Gasteiger partial charge in [-0.2, -0.15) is 0 Å². The van der Waals surface area contributed by atoms with Gasteiger partial charge in [0.2, 0.25) is 0 Å². The van der Waals surface area contributed by atoms with Crippen molar-refractivity contribution in [2.75, 3.05) is 18.1 Å². The van der Waals surface area contributed by atoms with E-state index in [0.29, 0.717) is 6.54 Å². The molecular weight excluding hydrogens is 198 g/mol. The molecule has 1 N–H and O–H groups in total. The van der Waals surface area contributed by atoms with Crippen LogP contribution < -0.4 is 4.90 Å². The van der Waals surface area contributed by atoms with E-state index in [9.17, 15) is 0 Å². The summed E-state index contributed by atoms with van der Waals surface area (Å²) >= 11 is 0. The van der Waals surface area contributed by atoms with Crippen LogP contribution in [0.25, 0.3) is 5.57 Å². The summed E-state index contributed by atoms with van der Waals surface area (Å²) in [5.41, 5.74) is 3.70. The lowest BCUT2D eigenvalue weighted by Gasteiger charge is -2.27. The fraction of sp³-hybridized carbons (Fsp3) is 0.286. The van der Waals surface area contributed by atoms with Crippen molar-refractivity contribution in [3.05, 3.63) is 48.2 Å². The van der Waals surface area contributed by atoms with E-state index in [0.717, 1.165) is 6.42 Å². The summed E-state index contributed by atoms with van der Waals surface area (Å²) in [5, 5.41) is 9.02. The molecule has 2 heteroatoms. The summed E-state index contributed by atoms with van der Waals surface area (Å²) < 4.78 is 0. The summed E-state index contributed by atoms with van der Waals surface area (Å²) in [7, 11) is 0. The summed E-state index contributed by atoms with van der Waals surface area (Å²) in [4.78, 5) is 2.09. The van der Waals surface area contributed by atoms with Gasteiger partial charge in [0.25, 0.3) is 0 Å². The average molecular weight is 215 g/mol. The maximum absolute atomic E-state index is 9.02. The van der Waals surface area contributed by atoms with Gasteiger partial charge in [0, 0.05) is 24.0 Å². The number of aliphatic hydroxyl groups is 1. The van der Waals surface area contributed by atoms with Crippen LogP contribution in [0.15, 0.2) is 42.6 Å². The maximum atomic E-state index is 9.02. The third-order valence-corrected chi connectivity index (χ3v) is 2.72. The van der Waals surface area contributed by atoms with E-state index in [1.54, 1.807) is 0 Å². The molecule has 16 heavy (non-hydrogen) atoms. The third-order valence-electron chi connectivity index (χ3n) is 2.72. The number of anilines is 1. The Morgan fingerprint density at radius 1 is 1.31 bits per heavy atom. The lowest BCUT2D eigenvalue weighted by Crippen LogP contribution is -2.23. The van der Waals surface area contributed by atoms with Crippen molar-refractivity contribution in [2.45, 2.75) is 13.3 Å². The van der Waals surface area contributed by atoms with E-state index in [-0.39, 0.29) is 6.61 Å². The molecule has 0 atom stereocenters. The zero-order valence-electron chi connectivity index (χ0n) is 9.56. The quantitative estimate of drug-likeness (QED) is 0.838. The van der Waals surface area contributed by atoms with Crippen LogP contribution >= 0.6 is 0 Å². The van der Waals surface area contributed by atoms with Crippen molar-refractivity contribution in [3.63, 3.8) is 0 Å². The van der Waals surface area contributed by atoms with Crippen LogP contribution in [0.2, 0.25) is 0 Å². The molecule has 1 heterocycles. The molecule has 0 saturated carbocycles. The smallest absolute Gasteiger partial charge is 0.0610 e. The topological polar surface area (TPSA) is 23.5 Å². The molecule has 1 aliphatic rings. The van der Waals surface area contributed by atoms with Crippen molar-refractivity contribution >= 4 is 11.3 Å². The third kappa shape index (κ3) is 2.02. The van der Waals surface area contributed by atoms with E-state index in [1.807, 2.05) is 12.3 Å². The van der Waals surface area contributed by atoms with Crippen LogP contribution in [0.1, 0.15) is 18.9 Å². The van der Waals surface area contributed by atoms with Crippen LogP contribution in [0, 0.1) is 0 Å². The minimum atomic E-state index is 0.172. The first kappa shape index (κ1) is 11.0. The lowest BCUT2D eigenvalue weighted by atomic mass is 9.99. The number of benzene rings is 1. The normalized spacial score (nSPS) is 16.6. The highest BCUT2D eigenvalue weighted by Crippen LogP contribution is 2.32. The Morgan fingerprint density at radius 3 is 2.88 bits per heavy atom. The first-order valence-electron chi connectivity index (χ1n) is 5.72. The molecule has 84 valence electrons. The Hall–Kier alpha value is -1.54. The summed E-state index contributed by atoms with van der Waals surface area (Å²) in [6.45, 7) is 2.96. The molecule has 0 bridgehead atoms. The van der Waals surface area contributed by atoms with Gasteiger partial charge in [0.15, 0.2) is 0 Å². The molecule has 0 radical (unpaired) electrons. The Morgan fingerprint density at radius 2 is 2.12 bits per heavy atom. The summed E-state index contributed by atoms with van der Waals surface area (Å²) in [6.07, 6.45) is 7.42. The molecule has 0 spiro atoms. The largest absolute Gasteiger partial charge is 0.395 e. The number of aliphatic hydroxyl groups excluding tert-OH is 1. The number of allylic oxidation sites excluding steroid dienone is 3. The zero-order chi connectivity index (χ0) is 11.4. The van der Waals surface area contributed by atoms with Crippen LogP contribution in [-0.4, -0.2) is 18.3 Å². The van der Waals surface area contributed by atoms with Crippen molar-refractivity contribution < 1.29 is 5.11 Å². The number of nitrogens with zero attached hydrogens (tertiary/aromatic N) is 1. The van der Waals surface area contributed by atoms with Crippen molar-refractivity contribution in [1.82, 2.24) is 0 Å². The number of β-amino-alcohol motifs (C(OH)–C–C–N with tert-alkyl or cyclic N) is 1. The molecule has 0 amide bonds. The van der Waals surface area contributed by atoms with Gasteiger partial charge in [0.1, 0.15) is 0 Å². The molecule has 1 aliphatic heterocycles. The molecule has 2 nitrogen and oxygen atoms in total. The first-order chi connectivity index (χ1) is 7.86. The number of rotatable bonds is 3. The fourth-order valence-corrected chi connectivity index (χ4v) is 2.01. The minimum absolute atomic E-state index is 0.172. The number of hydrogen-bond acceptors (Lipinski definition) is 2. The standard InChI is InChI=1S/C14H17NO/c1-2-5-12-8-9-15(10-11-16)14-7-4-3-6-13(12)14/h3-9,16H,2,10-11H2,1H3. The Bertz CT molecular complexity index is 420. The van der Waals surface area contributed by atoms with Crippen LogP contribution in [0.3, 0.4) is 0 Å². The average Bonchev–Trinajstić information content (AvgIpc) is 2.33. The predicted molar refractivity (Wildman–Crippen MR) is 68.3 cm³/mol. The summed E-state index contributed by atoms with van der Waals surface area (Å²) in [6, 6.07) is 8.31. The monoisotopic (exact) mass is 215 g/mol. The fourth-order valence-electron chi connectivity index (χ4n) is 2.01. The minimum Gasteiger partial charge on any atom is -0.395 e. The zero-order valence-corrected chi connectivity index (χ0v) is 9.56. The second-order valence-electron chi connectivity index (χ2n) is 3.82. The van der Waals surface area contributed by atoms with Crippen molar-refractivity contribution in [2.24, 2.45) is 0 Å². The van der Waals surface area contributed by atoms with Gasteiger partial charge >= 0.3 is 0 Å². The molecule has 1 aromatic rings. The molecule has 0 unspecified atom stereocenters.